The monoisotopic (exact) mass is 561 g/mol. The summed E-state index contributed by atoms with van der Waals surface area (Å²) in [4.78, 5) is 28.0. The lowest BCUT2D eigenvalue weighted by atomic mass is 10.1. The van der Waals surface area contributed by atoms with Crippen LogP contribution < -0.4 is 9.62 Å². The molecular formula is C24H30Cl3N3O4S. The highest BCUT2D eigenvalue weighted by atomic mass is 35.5. The molecule has 0 saturated carbocycles. The maximum Gasteiger partial charge on any atom is 0.244 e. The lowest BCUT2D eigenvalue weighted by molar-refractivity contribution is -0.140. The summed E-state index contributed by atoms with van der Waals surface area (Å²) < 4.78 is 26.4. The standard InChI is InChI=1S/C24H30Cl3N3O4S/c1-6-21(24(32)28-15(2)3)29(13-17-7-9-19(26)20(27)12-17)23(31)14-30(35(5,33)34)22-10-8-18(25)11-16(22)4/h7-12,15,21H,6,13-14H2,1-5H3,(H,28,32)/t21-/m0/s1. The van der Waals surface area contributed by atoms with Crippen LogP contribution >= 0.6 is 34.8 Å². The van der Waals surface area contributed by atoms with Crippen molar-refractivity contribution in [3.8, 4) is 0 Å². The van der Waals surface area contributed by atoms with E-state index in [1.165, 1.54) is 4.90 Å². The molecule has 1 N–H and O–H groups in total. The van der Waals surface area contributed by atoms with Gasteiger partial charge in [0, 0.05) is 17.6 Å². The highest BCUT2D eigenvalue weighted by molar-refractivity contribution is 7.92. The molecule has 0 aliphatic carbocycles. The normalized spacial score (nSPS) is 12.4. The molecule has 0 saturated heterocycles. The van der Waals surface area contributed by atoms with Crippen LogP contribution in [0.2, 0.25) is 15.1 Å². The number of rotatable bonds is 10. The van der Waals surface area contributed by atoms with Crippen molar-refractivity contribution in [1.29, 1.82) is 0 Å². The smallest absolute Gasteiger partial charge is 0.244 e. The van der Waals surface area contributed by atoms with E-state index in [0.29, 0.717) is 38.3 Å². The van der Waals surface area contributed by atoms with Crippen LogP contribution in [-0.2, 0) is 26.2 Å². The zero-order valence-corrected chi connectivity index (χ0v) is 23.4. The molecule has 0 aromatic heterocycles. The average molecular weight is 563 g/mol. The van der Waals surface area contributed by atoms with E-state index in [-0.39, 0.29) is 18.5 Å². The van der Waals surface area contributed by atoms with Gasteiger partial charge in [0.15, 0.2) is 0 Å². The average Bonchev–Trinajstić information content (AvgIpc) is 2.73. The molecule has 11 heteroatoms. The van der Waals surface area contributed by atoms with E-state index in [4.69, 9.17) is 34.8 Å². The number of nitrogens with one attached hydrogen (secondary N) is 1. The van der Waals surface area contributed by atoms with Gasteiger partial charge in [0.25, 0.3) is 0 Å². The number of nitrogens with zero attached hydrogens (tertiary/aromatic N) is 2. The number of halogens is 3. The van der Waals surface area contributed by atoms with Crippen LogP contribution in [0.15, 0.2) is 36.4 Å². The fraction of sp³-hybridized carbons (Fsp3) is 0.417. The number of amides is 2. The molecular weight excluding hydrogens is 533 g/mol. The second-order valence-electron chi connectivity index (χ2n) is 8.56. The van der Waals surface area contributed by atoms with Gasteiger partial charge >= 0.3 is 0 Å². The summed E-state index contributed by atoms with van der Waals surface area (Å²) in [7, 11) is -3.84. The van der Waals surface area contributed by atoms with Crippen molar-refractivity contribution >= 4 is 62.3 Å². The molecule has 7 nitrogen and oxygen atoms in total. The third-order valence-corrected chi connectivity index (χ3v) is 7.36. The maximum atomic E-state index is 13.7. The molecule has 0 aliphatic heterocycles. The van der Waals surface area contributed by atoms with Gasteiger partial charge in [-0.25, -0.2) is 8.42 Å². The minimum atomic E-state index is -3.84. The molecule has 0 unspecified atom stereocenters. The van der Waals surface area contributed by atoms with E-state index in [1.807, 2.05) is 13.8 Å². The van der Waals surface area contributed by atoms with Crippen molar-refractivity contribution in [1.82, 2.24) is 10.2 Å². The quantitative estimate of drug-likeness (QED) is 0.439. The SMILES string of the molecule is CC[C@@H](C(=O)NC(C)C)N(Cc1ccc(Cl)c(Cl)c1)C(=O)CN(c1ccc(Cl)cc1C)S(C)(=O)=O. The van der Waals surface area contributed by atoms with Gasteiger partial charge in [-0.05, 0) is 68.7 Å². The van der Waals surface area contributed by atoms with E-state index in [0.717, 1.165) is 10.6 Å². The molecule has 2 rings (SSSR count). The Bertz CT molecular complexity index is 1190. The van der Waals surface area contributed by atoms with Crippen LogP contribution in [0.1, 0.15) is 38.3 Å². The second kappa shape index (κ2) is 12.3. The molecule has 2 amide bonds. The van der Waals surface area contributed by atoms with E-state index in [9.17, 15) is 18.0 Å². The number of anilines is 1. The first-order chi connectivity index (χ1) is 16.2. The summed E-state index contributed by atoms with van der Waals surface area (Å²) in [5.41, 5.74) is 1.58. The van der Waals surface area contributed by atoms with Crippen LogP contribution in [0.4, 0.5) is 5.69 Å². The van der Waals surface area contributed by atoms with E-state index >= 15 is 0 Å². The van der Waals surface area contributed by atoms with Gasteiger partial charge in [0.2, 0.25) is 21.8 Å². The lowest BCUT2D eigenvalue weighted by Crippen LogP contribution is -2.53. The summed E-state index contributed by atoms with van der Waals surface area (Å²) in [5.74, 6) is -0.869. The number of aryl methyl sites for hydroxylation is 1. The number of carbonyl (C=O) groups is 2. The third kappa shape index (κ3) is 8.00. The number of carbonyl (C=O) groups excluding carboxylic acids is 2. The molecule has 192 valence electrons. The number of hydrogen-bond acceptors (Lipinski definition) is 4. The zero-order chi connectivity index (χ0) is 26.5. The van der Waals surface area contributed by atoms with Crippen LogP contribution in [0.25, 0.3) is 0 Å². The topological polar surface area (TPSA) is 86.8 Å². The Labute approximate surface area is 222 Å². The van der Waals surface area contributed by atoms with Crippen molar-refractivity contribution in [2.75, 3.05) is 17.1 Å². The van der Waals surface area contributed by atoms with Gasteiger partial charge in [0.05, 0.1) is 22.0 Å². The zero-order valence-electron chi connectivity index (χ0n) is 20.3. The first kappa shape index (κ1) is 29.2. The number of benzene rings is 2. The van der Waals surface area contributed by atoms with Crippen molar-refractivity contribution in [2.24, 2.45) is 0 Å². The summed E-state index contributed by atoms with van der Waals surface area (Å²) in [5, 5.41) is 3.96. The predicted molar refractivity (Wildman–Crippen MR) is 143 cm³/mol. The molecule has 0 aliphatic rings. The van der Waals surface area contributed by atoms with Gasteiger partial charge in [0.1, 0.15) is 12.6 Å². The molecule has 1 atom stereocenters. The van der Waals surface area contributed by atoms with Gasteiger partial charge in [-0.1, -0.05) is 47.8 Å². The van der Waals surface area contributed by atoms with Crippen molar-refractivity contribution in [3.63, 3.8) is 0 Å². The minimum absolute atomic E-state index is 0.0386. The van der Waals surface area contributed by atoms with E-state index < -0.39 is 28.5 Å². The highest BCUT2D eigenvalue weighted by Crippen LogP contribution is 2.27. The predicted octanol–water partition coefficient (Wildman–Crippen LogP) is 5.05. The summed E-state index contributed by atoms with van der Waals surface area (Å²) in [6, 6.07) is 8.71. The molecule has 0 heterocycles. The van der Waals surface area contributed by atoms with Crippen LogP contribution in [-0.4, -0.2) is 50.0 Å². The Hall–Kier alpha value is -2.00. The molecule has 0 radical (unpaired) electrons. The van der Waals surface area contributed by atoms with Crippen molar-refractivity contribution < 1.29 is 18.0 Å². The first-order valence-electron chi connectivity index (χ1n) is 11.0. The second-order valence-corrected chi connectivity index (χ2v) is 11.7. The summed E-state index contributed by atoms with van der Waals surface area (Å²) in [6.45, 7) is 6.69. The summed E-state index contributed by atoms with van der Waals surface area (Å²) >= 11 is 18.2. The van der Waals surface area contributed by atoms with E-state index in [1.54, 1.807) is 50.2 Å². The van der Waals surface area contributed by atoms with Crippen LogP contribution in [0.5, 0.6) is 0 Å². The highest BCUT2D eigenvalue weighted by Gasteiger charge is 2.32. The lowest BCUT2D eigenvalue weighted by Gasteiger charge is -2.33. The third-order valence-electron chi connectivity index (χ3n) is 5.26. The molecule has 0 spiro atoms. The Balaban J connectivity index is 2.50. The Morgan fingerprint density at radius 1 is 1.03 bits per heavy atom. The molecule has 0 fully saturated rings. The molecule has 35 heavy (non-hydrogen) atoms. The Kier molecular flexibility index (Phi) is 10.3. The number of hydrogen-bond donors (Lipinski definition) is 1. The largest absolute Gasteiger partial charge is 0.352 e. The van der Waals surface area contributed by atoms with Gasteiger partial charge < -0.3 is 10.2 Å². The van der Waals surface area contributed by atoms with E-state index in [2.05, 4.69) is 5.32 Å². The van der Waals surface area contributed by atoms with Crippen LogP contribution in [0, 0.1) is 6.92 Å². The van der Waals surface area contributed by atoms with Gasteiger partial charge in [-0.15, -0.1) is 0 Å². The minimum Gasteiger partial charge on any atom is -0.352 e. The van der Waals surface area contributed by atoms with Crippen molar-refractivity contribution in [2.45, 2.75) is 52.7 Å². The van der Waals surface area contributed by atoms with Crippen LogP contribution in [0.3, 0.4) is 0 Å². The molecule has 0 bridgehead atoms. The molecule has 2 aromatic rings. The Morgan fingerprint density at radius 3 is 2.20 bits per heavy atom. The van der Waals surface area contributed by atoms with Crippen molar-refractivity contribution in [3.05, 3.63) is 62.6 Å². The maximum absolute atomic E-state index is 13.7. The summed E-state index contributed by atoms with van der Waals surface area (Å²) in [6.07, 6.45) is 1.35. The first-order valence-corrected chi connectivity index (χ1v) is 14.0. The molecule has 2 aromatic carbocycles. The van der Waals surface area contributed by atoms with Gasteiger partial charge in [-0.2, -0.15) is 0 Å². The van der Waals surface area contributed by atoms with Gasteiger partial charge in [-0.3, -0.25) is 13.9 Å². The fourth-order valence-corrected chi connectivity index (χ4v) is 5.08. The Morgan fingerprint density at radius 2 is 1.69 bits per heavy atom. The fourth-order valence-electron chi connectivity index (χ4n) is 3.63. The number of sulfonamides is 1.